The summed E-state index contributed by atoms with van der Waals surface area (Å²) in [4.78, 5) is 22.1. The molecule has 0 aromatic rings. The number of hydrogen-bond donors (Lipinski definition) is 0. The highest BCUT2D eigenvalue weighted by atomic mass is 19.4. The standard InChI is InChI=1S/C9H11F3O2/c1-2-6(7(13)5-3-4-5)8(14)9(10,11)12/h5-6H,2-4H2,1H3. The van der Waals surface area contributed by atoms with Crippen LogP contribution in [-0.4, -0.2) is 17.7 Å². The Hall–Kier alpha value is -0.870. The van der Waals surface area contributed by atoms with E-state index >= 15 is 0 Å². The van der Waals surface area contributed by atoms with Crippen molar-refractivity contribution in [3.05, 3.63) is 0 Å². The molecule has 0 saturated heterocycles. The van der Waals surface area contributed by atoms with Crippen LogP contribution in [0.1, 0.15) is 26.2 Å². The third-order valence-electron chi connectivity index (χ3n) is 2.33. The topological polar surface area (TPSA) is 34.1 Å². The number of carbonyl (C=O) groups excluding carboxylic acids is 2. The van der Waals surface area contributed by atoms with Gasteiger partial charge >= 0.3 is 6.18 Å². The van der Waals surface area contributed by atoms with Crippen LogP contribution in [0.15, 0.2) is 0 Å². The summed E-state index contributed by atoms with van der Waals surface area (Å²) in [6.07, 6.45) is -3.69. The van der Waals surface area contributed by atoms with E-state index in [9.17, 15) is 22.8 Å². The van der Waals surface area contributed by atoms with E-state index in [4.69, 9.17) is 0 Å². The number of alkyl halides is 3. The van der Waals surface area contributed by atoms with Crippen LogP contribution in [0.2, 0.25) is 0 Å². The normalized spacial score (nSPS) is 19.1. The molecule has 2 nitrogen and oxygen atoms in total. The summed E-state index contributed by atoms with van der Waals surface area (Å²) in [6, 6.07) is 0. The maximum absolute atomic E-state index is 12.0. The van der Waals surface area contributed by atoms with Gasteiger partial charge in [-0.05, 0) is 19.3 Å². The quantitative estimate of drug-likeness (QED) is 0.663. The molecule has 0 aromatic heterocycles. The van der Waals surface area contributed by atoms with Gasteiger partial charge in [0.15, 0.2) is 0 Å². The molecule has 1 atom stereocenters. The molecule has 0 bridgehead atoms. The summed E-state index contributed by atoms with van der Waals surface area (Å²) in [7, 11) is 0. The second-order valence-corrected chi connectivity index (χ2v) is 3.50. The van der Waals surface area contributed by atoms with Gasteiger partial charge in [-0.2, -0.15) is 13.2 Å². The van der Waals surface area contributed by atoms with Gasteiger partial charge in [-0.3, -0.25) is 9.59 Å². The van der Waals surface area contributed by atoms with Gasteiger partial charge in [0, 0.05) is 5.92 Å². The van der Waals surface area contributed by atoms with E-state index < -0.39 is 23.7 Å². The highest BCUT2D eigenvalue weighted by Crippen LogP contribution is 2.35. The summed E-state index contributed by atoms with van der Waals surface area (Å²) < 4.78 is 36.1. The average Bonchev–Trinajstić information content (AvgIpc) is 2.85. The van der Waals surface area contributed by atoms with Crippen molar-refractivity contribution in [1.82, 2.24) is 0 Å². The number of Topliss-reactive ketones (excluding diaryl/α,β-unsaturated/α-hetero) is 2. The number of hydrogen-bond acceptors (Lipinski definition) is 2. The predicted octanol–water partition coefficient (Wildman–Crippen LogP) is 2.12. The SMILES string of the molecule is CCC(C(=O)C1CC1)C(=O)C(F)(F)F. The summed E-state index contributed by atoms with van der Waals surface area (Å²) >= 11 is 0. The molecule has 0 heterocycles. The molecule has 14 heavy (non-hydrogen) atoms. The van der Waals surface area contributed by atoms with E-state index in [1.54, 1.807) is 0 Å². The minimum Gasteiger partial charge on any atom is -0.299 e. The van der Waals surface area contributed by atoms with Crippen molar-refractivity contribution in [2.75, 3.05) is 0 Å². The van der Waals surface area contributed by atoms with Crippen LogP contribution in [-0.2, 0) is 9.59 Å². The Morgan fingerprint density at radius 1 is 1.36 bits per heavy atom. The zero-order chi connectivity index (χ0) is 10.9. The Balaban J connectivity index is 2.70. The first-order chi connectivity index (χ1) is 6.38. The van der Waals surface area contributed by atoms with Gasteiger partial charge < -0.3 is 0 Å². The van der Waals surface area contributed by atoms with Crippen LogP contribution in [0, 0.1) is 11.8 Å². The fraction of sp³-hybridized carbons (Fsp3) is 0.778. The molecule has 1 saturated carbocycles. The Morgan fingerprint density at radius 3 is 2.14 bits per heavy atom. The fourth-order valence-corrected chi connectivity index (χ4v) is 1.37. The number of carbonyl (C=O) groups is 2. The van der Waals surface area contributed by atoms with E-state index in [1.807, 2.05) is 0 Å². The van der Waals surface area contributed by atoms with Gasteiger partial charge in [0.05, 0.1) is 5.92 Å². The molecule has 0 aliphatic heterocycles. The Morgan fingerprint density at radius 2 is 1.86 bits per heavy atom. The van der Waals surface area contributed by atoms with Gasteiger partial charge in [0.2, 0.25) is 5.78 Å². The fourth-order valence-electron chi connectivity index (χ4n) is 1.37. The molecule has 1 unspecified atom stereocenters. The van der Waals surface area contributed by atoms with Crippen LogP contribution in [0.3, 0.4) is 0 Å². The zero-order valence-electron chi connectivity index (χ0n) is 7.73. The largest absolute Gasteiger partial charge is 0.450 e. The van der Waals surface area contributed by atoms with Crippen molar-refractivity contribution in [3.8, 4) is 0 Å². The molecule has 5 heteroatoms. The van der Waals surface area contributed by atoms with Crippen molar-refractivity contribution in [2.45, 2.75) is 32.4 Å². The molecule has 0 spiro atoms. The van der Waals surface area contributed by atoms with Crippen LogP contribution in [0.5, 0.6) is 0 Å². The second-order valence-electron chi connectivity index (χ2n) is 3.50. The summed E-state index contributed by atoms with van der Waals surface area (Å²) in [6.45, 7) is 1.43. The number of rotatable bonds is 4. The molecule has 0 N–H and O–H groups in total. The van der Waals surface area contributed by atoms with Crippen LogP contribution < -0.4 is 0 Å². The van der Waals surface area contributed by atoms with Crippen molar-refractivity contribution < 1.29 is 22.8 Å². The Kier molecular flexibility index (Phi) is 2.97. The molecule has 0 amide bonds. The van der Waals surface area contributed by atoms with Gasteiger partial charge in [-0.1, -0.05) is 6.92 Å². The number of ketones is 2. The van der Waals surface area contributed by atoms with Crippen LogP contribution >= 0.6 is 0 Å². The van der Waals surface area contributed by atoms with Crippen LogP contribution in [0.25, 0.3) is 0 Å². The summed E-state index contributed by atoms with van der Waals surface area (Å²) in [5.41, 5.74) is 0. The molecule has 80 valence electrons. The monoisotopic (exact) mass is 208 g/mol. The maximum atomic E-state index is 12.0. The third-order valence-corrected chi connectivity index (χ3v) is 2.33. The number of halogens is 3. The van der Waals surface area contributed by atoms with Crippen molar-refractivity contribution in [1.29, 1.82) is 0 Å². The van der Waals surface area contributed by atoms with E-state index in [0.29, 0.717) is 12.8 Å². The van der Waals surface area contributed by atoms with Crippen LogP contribution in [0.4, 0.5) is 13.2 Å². The van der Waals surface area contributed by atoms with E-state index in [-0.39, 0.29) is 12.3 Å². The second kappa shape index (κ2) is 3.71. The average molecular weight is 208 g/mol. The van der Waals surface area contributed by atoms with E-state index in [2.05, 4.69) is 0 Å². The molecule has 0 radical (unpaired) electrons. The lowest BCUT2D eigenvalue weighted by atomic mass is 9.93. The maximum Gasteiger partial charge on any atom is 0.450 e. The van der Waals surface area contributed by atoms with E-state index in [0.717, 1.165) is 0 Å². The lowest BCUT2D eigenvalue weighted by molar-refractivity contribution is -0.177. The lowest BCUT2D eigenvalue weighted by Crippen LogP contribution is -2.35. The Labute approximate surface area is 79.5 Å². The molecule has 0 aromatic carbocycles. The van der Waals surface area contributed by atoms with Gasteiger partial charge in [0.25, 0.3) is 0 Å². The third kappa shape index (κ3) is 2.33. The predicted molar refractivity (Wildman–Crippen MR) is 42.6 cm³/mol. The minimum atomic E-state index is -4.88. The van der Waals surface area contributed by atoms with Crippen molar-refractivity contribution in [3.63, 3.8) is 0 Å². The first-order valence-electron chi connectivity index (χ1n) is 4.52. The zero-order valence-corrected chi connectivity index (χ0v) is 7.73. The smallest absolute Gasteiger partial charge is 0.299 e. The van der Waals surface area contributed by atoms with Gasteiger partial charge in [0.1, 0.15) is 5.78 Å². The molecule has 1 fully saturated rings. The van der Waals surface area contributed by atoms with Gasteiger partial charge in [-0.15, -0.1) is 0 Å². The molecule has 1 rings (SSSR count). The summed E-state index contributed by atoms with van der Waals surface area (Å²) in [5, 5.41) is 0. The van der Waals surface area contributed by atoms with Crippen molar-refractivity contribution >= 4 is 11.6 Å². The molecular formula is C9H11F3O2. The van der Waals surface area contributed by atoms with Gasteiger partial charge in [-0.25, -0.2) is 0 Å². The molecular weight excluding hydrogens is 197 g/mol. The highest BCUT2D eigenvalue weighted by molar-refractivity contribution is 6.06. The summed E-state index contributed by atoms with van der Waals surface area (Å²) in [5.74, 6) is -4.19. The first kappa shape index (κ1) is 11.2. The highest BCUT2D eigenvalue weighted by Gasteiger charge is 2.48. The Bertz CT molecular complexity index is 253. The van der Waals surface area contributed by atoms with Crippen molar-refractivity contribution in [2.24, 2.45) is 11.8 Å². The first-order valence-corrected chi connectivity index (χ1v) is 4.52. The lowest BCUT2D eigenvalue weighted by Gasteiger charge is -2.13. The molecule has 1 aliphatic carbocycles. The molecule has 1 aliphatic rings. The minimum absolute atomic E-state index is 0.0618. The van der Waals surface area contributed by atoms with E-state index in [1.165, 1.54) is 6.92 Å².